The number of benzene rings is 2. The minimum Gasteiger partial charge on any atom is -0.463 e. The zero-order chi connectivity index (χ0) is 28.9. The summed E-state index contributed by atoms with van der Waals surface area (Å²) in [5.41, 5.74) is 4.11. The SMILES string of the molecule is CC(C)S(=O)(=O)NC(=O)c1c(-c2ccc[nH]c2=O)c2c3occc3c(F)cc2n1Cc1cc(C(N)=O)ccc1F. The number of halogens is 2. The number of nitrogens with two attached hydrogens (primary N) is 1. The van der Waals surface area contributed by atoms with Crippen LogP contribution < -0.4 is 16.0 Å². The molecule has 40 heavy (non-hydrogen) atoms. The summed E-state index contributed by atoms with van der Waals surface area (Å²) >= 11 is 0. The van der Waals surface area contributed by atoms with Crippen molar-refractivity contribution in [3.8, 4) is 11.1 Å². The van der Waals surface area contributed by atoms with Crippen LogP contribution in [0.1, 0.15) is 40.3 Å². The Bertz CT molecular complexity index is 2010. The standard InChI is InChI=1S/C27H22F2N4O6S/c1-13(2)40(37,38)32-27(36)23-21(17-4-3-8-31-26(17)35)22-20(11-19(29)16-7-9-39-24(16)22)33(23)12-15-10-14(25(30)34)5-6-18(15)28/h3-11,13H,12H2,1-2H3,(H2,30,34)(H,31,35)(H,32,36). The van der Waals surface area contributed by atoms with E-state index >= 15 is 4.39 Å². The van der Waals surface area contributed by atoms with Crippen molar-refractivity contribution < 1.29 is 31.2 Å². The summed E-state index contributed by atoms with van der Waals surface area (Å²) in [7, 11) is -4.18. The van der Waals surface area contributed by atoms with Gasteiger partial charge in [0.25, 0.3) is 11.5 Å². The molecule has 4 N–H and O–H groups in total. The van der Waals surface area contributed by atoms with Gasteiger partial charge < -0.3 is 19.7 Å². The zero-order valence-corrected chi connectivity index (χ0v) is 21.9. The fourth-order valence-corrected chi connectivity index (χ4v) is 5.09. The Kier molecular flexibility index (Phi) is 6.54. The molecule has 3 heterocycles. The number of H-pyrrole nitrogens is 1. The fourth-order valence-electron chi connectivity index (χ4n) is 4.50. The summed E-state index contributed by atoms with van der Waals surface area (Å²) in [4.78, 5) is 41.0. The van der Waals surface area contributed by atoms with Gasteiger partial charge in [0.1, 0.15) is 22.9 Å². The summed E-state index contributed by atoms with van der Waals surface area (Å²) in [5.74, 6) is -3.49. The number of sulfonamides is 1. The van der Waals surface area contributed by atoms with Gasteiger partial charge in [0.2, 0.25) is 15.9 Å². The van der Waals surface area contributed by atoms with E-state index in [1.165, 1.54) is 61.2 Å². The molecule has 206 valence electrons. The van der Waals surface area contributed by atoms with Crippen LogP contribution in [-0.4, -0.2) is 35.0 Å². The highest BCUT2D eigenvalue weighted by molar-refractivity contribution is 7.90. The van der Waals surface area contributed by atoms with Crippen molar-refractivity contribution in [2.24, 2.45) is 5.73 Å². The maximum atomic E-state index is 15.2. The first-order valence-electron chi connectivity index (χ1n) is 11.9. The molecule has 0 saturated heterocycles. The lowest BCUT2D eigenvalue weighted by Gasteiger charge is -2.15. The molecule has 0 radical (unpaired) electrons. The Labute approximate surface area is 225 Å². The molecule has 0 spiro atoms. The van der Waals surface area contributed by atoms with Gasteiger partial charge in [-0.15, -0.1) is 0 Å². The number of rotatable bonds is 7. The average molecular weight is 569 g/mol. The van der Waals surface area contributed by atoms with Crippen LogP contribution in [-0.2, 0) is 16.6 Å². The number of carbonyl (C=O) groups is 2. The van der Waals surface area contributed by atoms with Crippen molar-refractivity contribution in [3.05, 3.63) is 93.7 Å². The molecule has 10 nitrogen and oxygen atoms in total. The van der Waals surface area contributed by atoms with E-state index in [-0.39, 0.29) is 49.8 Å². The quantitative estimate of drug-likeness (QED) is 0.272. The Morgan fingerprint density at radius 2 is 1.88 bits per heavy atom. The van der Waals surface area contributed by atoms with Crippen LogP contribution in [0.5, 0.6) is 0 Å². The van der Waals surface area contributed by atoms with E-state index in [2.05, 4.69) is 4.98 Å². The van der Waals surface area contributed by atoms with Crippen molar-refractivity contribution >= 4 is 43.7 Å². The minimum atomic E-state index is -4.18. The number of amides is 2. The Morgan fingerprint density at radius 3 is 2.55 bits per heavy atom. The largest absolute Gasteiger partial charge is 0.463 e. The van der Waals surface area contributed by atoms with Crippen LogP contribution in [0.25, 0.3) is 33.0 Å². The van der Waals surface area contributed by atoms with Gasteiger partial charge in [-0.25, -0.2) is 21.9 Å². The number of furan rings is 1. The Balaban J connectivity index is 1.93. The lowest BCUT2D eigenvalue weighted by Crippen LogP contribution is -2.37. The van der Waals surface area contributed by atoms with Crippen molar-refractivity contribution in [2.45, 2.75) is 25.6 Å². The van der Waals surface area contributed by atoms with Gasteiger partial charge in [0.05, 0.1) is 39.9 Å². The van der Waals surface area contributed by atoms with Gasteiger partial charge in [-0.05, 0) is 56.3 Å². The Hall–Kier alpha value is -4.78. The number of hydrogen-bond donors (Lipinski definition) is 3. The molecule has 0 saturated carbocycles. The lowest BCUT2D eigenvalue weighted by molar-refractivity contribution is 0.0970. The van der Waals surface area contributed by atoms with Crippen molar-refractivity contribution in [3.63, 3.8) is 0 Å². The minimum absolute atomic E-state index is 0.00850. The van der Waals surface area contributed by atoms with Gasteiger partial charge >= 0.3 is 0 Å². The molecule has 3 aromatic heterocycles. The van der Waals surface area contributed by atoms with E-state index in [4.69, 9.17) is 10.2 Å². The molecule has 5 rings (SSSR count). The van der Waals surface area contributed by atoms with Crippen LogP contribution in [0.15, 0.2) is 64.1 Å². The third-order valence-electron chi connectivity index (χ3n) is 6.53. The maximum absolute atomic E-state index is 15.2. The first-order valence-corrected chi connectivity index (χ1v) is 13.5. The number of carbonyl (C=O) groups excluding carboxylic acids is 2. The third kappa shape index (κ3) is 4.43. The number of aromatic amines is 1. The molecule has 0 aliphatic heterocycles. The molecule has 2 amide bonds. The van der Waals surface area contributed by atoms with Gasteiger partial charge in [-0.1, -0.05) is 0 Å². The zero-order valence-electron chi connectivity index (χ0n) is 21.1. The fraction of sp³-hybridized carbons (Fsp3) is 0.148. The molecule has 13 heteroatoms. The monoisotopic (exact) mass is 568 g/mol. The van der Waals surface area contributed by atoms with Crippen molar-refractivity contribution in [1.82, 2.24) is 14.3 Å². The van der Waals surface area contributed by atoms with Gasteiger partial charge in [0.15, 0.2) is 0 Å². The maximum Gasteiger partial charge on any atom is 0.282 e. The third-order valence-corrected chi connectivity index (χ3v) is 8.24. The van der Waals surface area contributed by atoms with E-state index < -0.39 is 50.8 Å². The Morgan fingerprint density at radius 1 is 1.12 bits per heavy atom. The summed E-state index contributed by atoms with van der Waals surface area (Å²) < 4.78 is 64.4. The summed E-state index contributed by atoms with van der Waals surface area (Å²) in [6.07, 6.45) is 2.59. The first-order chi connectivity index (χ1) is 18.9. The van der Waals surface area contributed by atoms with Crippen LogP contribution in [0.3, 0.4) is 0 Å². The number of nitrogens with one attached hydrogen (secondary N) is 2. The van der Waals surface area contributed by atoms with E-state index in [0.717, 1.165) is 12.1 Å². The second kappa shape index (κ2) is 9.75. The highest BCUT2D eigenvalue weighted by atomic mass is 32.2. The second-order valence-corrected chi connectivity index (χ2v) is 11.6. The molecule has 2 aromatic carbocycles. The number of aromatic nitrogens is 2. The van der Waals surface area contributed by atoms with Gasteiger partial charge in [-0.3, -0.25) is 14.4 Å². The van der Waals surface area contributed by atoms with E-state index in [1.54, 1.807) is 0 Å². The lowest BCUT2D eigenvalue weighted by atomic mass is 10.0. The molecule has 0 atom stereocenters. The summed E-state index contributed by atoms with van der Waals surface area (Å²) in [5, 5.41) is -0.838. The second-order valence-electron chi connectivity index (χ2n) is 9.33. The predicted octanol–water partition coefficient (Wildman–Crippen LogP) is 3.64. The highest BCUT2D eigenvalue weighted by Gasteiger charge is 2.31. The van der Waals surface area contributed by atoms with Crippen molar-refractivity contribution in [1.29, 1.82) is 0 Å². The van der Waals surface area contributed by atoms with E-state index in [0.29, 0.717) is 0 Å². The van der Waals surface area contributed by atoms with E-state index in [9.17, 15) is 27.2 Å². The normalized spacial score (nSPS) is 11.9. The van der Waals surface area contributed by atoms with E-state index in [1.807, 2.05) is 4.72 Å². The molecule has 0 bridgehead atoms. The summed E-state index contributed by atoms with van der Waals surface area (Å²) in [6.45, 7) is 2.26. The van der Waals surface area contributed by atoms with Gasteiger partial charge in [0, 0.05) is 22.9 Å². The number of nitrogens with zero attached hydrogens (tertiary/aromatic N) is 1. The molecular weight excluding hydrogens is 546 g/mol. The first kappa shape index (κ1) is 26.8. The van der Waals surface area contributed by atoms with Crippen LogP contribution in [0, 0.1) is 11.6 Å². The van der Waals surface area contributed by atoms with Crippen LogP contribution in [0.4, 0.5) is 8.78 Å². The smallest absolute Gasteiger partial charge is 0.282 e. The number of pyridine rings is 1. The molecule has 0 aliphatic carbocycles. The molecule has 0 aliphatic rings. The van der Waals surface area contributed by atoms with Crippen LogP contribution >= 0.6 is 0 Å². The average Bonchev–Trinajstić information content (AvgIpc) is 3.49. The number of fused-ring (bicyclic) bond motifs is 3. The molecular formula is C27H22F2N4O6S. The summed E-state index contributed by atoms with van der Waals surface area (Å²) in [6, 6.07) is 8.70. The number of primary amides is 1. The molecule has 0 unspecified atom stereocenters. The van der Waals surface area contributed by atoms with Crippen molar-refractivity contribution in [2.75, 3.05) is 0 Å². The number of hydrogen-bond acceptors (Lipinski definition) is 6. The topological polar surface area (TPSA) is 157 Å². The molecule has 5 aromatic rings. The van der Waals surface area contributed by atoms with Crippen LogP contribution in [0.2, 0.25) is 0 Å². The van der Waals surface area contributed by atoms with Gasteiger partial charge in [-0.2, -0.15) is 0 Å². The molecule has 0 fully saturated rings. The predicted molar refractivity (Wildman–Crippen MR) is 143 cm³/mol. The highest BCUT2D eigenvalue weighted by Crippen LogP contribution is 2.40.